The van der Waals surface area contributed by atoms with Gasteiger partial charge in [0.1, 0.15) is 0 Å². The van der Waals surface area contributed by atoms with Gasteiger partial charge in [0.2, 0.25) is 5.91 Å². The first kappa shape index (κ1) is 14.1. The van der Waals surface area contributed by atoms with Crippen LogP contribution in [-0.4, -0.2) is 46.8 Å². The van der Waals surface area contributed by atoms with Gasteiger partial charge in [-0.1, -0.05) is 32.0 Å². The molecule has 4 nitrogen and oxygen atoms in total. The molecular formula is C17H22N2O2. The molecule has 1 aromatic carbocycles. The molecule has 0 N–H and O–H groups in total. The number of nitrogens with zero attached hydrogens (tertiary/aromatic N) is 2. The molecule has 112 valence electrons. The molecule has 0 radical (unpaired) electrons. The minimum absolute atomic E-state index is 0.0252. The van der Waals surface area contributed by atoms with Crippen molar-refractivity contribution >= 4 is 11.8 Å². The Kier molecular flexibility index (Phi) is 3.47. The number of carbonyl (C=O) groups excluding carboxylic acids is 2. The van der Waals surface area contributed by atoms with Crippen molar-refractivity contribution in [3.8, 4) is 0 Å². The minimum Gasteiger partial charge on any atom is -0.338 e. The van der Waals surface area contributed by atoms with Crippen molar-refractivity contribution in [1.82, 2.24) is 9.80 Å². The zero-order valence-corrected chi connectivity index (χ0v) is 12.7. The maximum absolute atomic E-state index is 12.7. The van der Waals surface area contributed by atoms with Gasteiger partial charge in [-0.2, -0.15) is 0 Å². The summed E-state index contributed by atoms with van der Waals surface area (Å²) in [5.74, 6) is 0.329. The van der Waals surface area contributed by atoms with E-state index in [4.69, 9.17) is 0 Å². The summed E-state index contributed by atoms with van der Waals surface area (Å²) in [5, 5.41) is 0. The maximum atomic E-state index is 12.7. The summed E-state index contributed by atoms with van der Waals surface area (Å²) in [6, 6.07) is 9.44. The molecule has 2 amide bonds. The van der Waals surface area contributed by atoms with Gasteiger partial charge in [-0.3, -0.25) is 9.59 Å². The first-order valence-electron chi connectivity index (χ1n) is 7.69. The quantitative estimate of drug-likeness (QED) is 0.836. The maximum Gasteiger partial charge on any atom is 0.254 e. The average molecular weight is 286 g/mol. The summed E-state index contributed by atoms with van der Waals surface area (Å²) >= 11 is 0. The summed E-state index contributed by atoms with van der Waals surface area (Å²) < 4.78 is 0. The standard InChI is InChI=1S/C17H22N2O2/c1-13(2)15(20)18-10-11-19(17(12-18)8-9-17)16(21)14-6-4-3-5-7-14/h3-7,13H,8-12H2,1-2H3. The lowest BCUT2D eigenvalue weighted by molar-refractivity contribution is -0.137. The fraction of sp³-hybridized carbons (Fsp3) is 0.529. The van der Waals surface area contributed by atoms with Gasteiger partial charge in [-0.15, -0.1) is 0 Å². The Morgan fingerprint density at radius 3 is 2.33 bits per heavy atom. The molecule has 1 aliphatic carbocycles. The van der Waals surface area contributed by atoms with Crippen molar-refractivity contribution in [1.29, 1.82) is 0 Å². The molecule has 2 fully saturated rings. The third kappa shape index (κ3) is 2.55. The molecule has 1 saturated carbocycles. The first-order valence-corrected chi connectivity index (χ1v) is 7.69. The van der Waals surface area contributed by atoms with Gasteiger partial charge in [0.05, 0.1) is 5.54 Å². The van der Waals surface area contributed by atoms with E-state index in [1.807, 2.05) is 54.0 Å². The molecule has 2 aliphatic rings. The van der Waals surface area contributed by atoms with Crippen LogP contribution in [0.4, 0.5) is 0 Å². The molecule has 4 heteroatoms. The highest BCUT2D eigenvalue weighted by atomic mass is 16.2. The van der Waals surface area contributed by atoms with Gasteiger partial charge < -0.3 is 9.80 Å². The number of piperazine rings is 1. The Morgan fingerprint density at radius 2 is 1.76 bits per heavy atom. The molecule has 0 unspecified atom stereocenters. The second-order valence-corrected chi connectivity index (χ2v) is 6.46. The lowest BCUT2D eigenvalue weighted by Crippen LogP contribution is -2.58. The Balaban J connectivity index is 1.75. The van der Waals surface area contributed by atoms with Crippen LogP contribution in [-0.2, 0) is 4.79 Å². The lowest BCUT2D eigenvalue weighted by Gasteiger charge is -2.42. The molecule has 21 heavy (non-hydrogen) atoms. The van der Waals surface area contributed by atoms with Gasteiger partial charge in [0, 0.05) is 31.1 Å². The van der Waals surface area contributed by atoms with Crippen LogP contribution in [0.5, 0.6) is 0 Å². The van der Waals surface area contributed by atoms with E-state index in [0.717, 1.165) is 18.4 Å². The Labute approximate surface area is 125 Å². The van der Waals surface area contributed by atoms with Gasteiger partial charge >= 0.3 is 0 Å². The van der Waals surface area contributed by atoms with Gasteiger partial charge in [-0.05, 0) is 25.0 Å². The van der Waals surface area contributed by atoms with Gasteiger partial charge in [-0.25, -0.2) is 0 Å². The Morgan fingerprint density at radius 1 is 1.10 bits per heavy atom. The predicted molar refractivity (Wildman–Crippen MR) is 80.9 cm³/mol. The lowest BCUT2D eigenvalue weighted by atomic mass is 10.1. The molecular weight excluding hydrogens is 264 g/mol. The fourth-order valence-corrected chi connectivity index (χ4v) is 3.16. The molecule has 1 spiro atoms. The summed E-state index contributed by atoms with van der Waals surface area (Å²) in [7, 11) is 0. The van der Waals surface area contributed by atoms with Crippen LogP contribution in [0, 0.1) is 5.92 Å². The van der Waals surface area contributed by atoms with E-state index in [2.05, 4.69) is 0 Å². The highest BCUT2D eigenvalue weighted by molar-refractivity contribution is 5.95. The topological polar surface area (TPSA) is 40.6 Å². The monoisotopic (exact) mass is 286 g/mol. The molecule has 1 heterocycles. The normalized spacial score (nSPS) is 20.0. The second-order valence-electron chi connectivity index (χ2n) is 6.46. The summed E-state index contributed by atoms with van der Waals surface area (Å²) in [6.45, 7) is 5.86. The molecule has 1 saturated heterocycles. The summed E-state index contributed by atoms with van der Waals surface area (Å²) in [5.41, 5.74) is 0.642. The molecule has 0 atom stereocenters. The predicted octanol–water partition coefficient (Wildman–Crippen LogP) is 2.16. The zero-order valence-electron chi connectivity index (χ0n) is 12.7. The largest absolute Gasteiger partial charge is 0.338 e. The number of amides is 2. The molecule has 1 aliphatic heterocycles. The highest BCUT2D eigenvalue weighted by Gasteiger charge is 2.54. The number of carbonyl (C=O) groups is 2. The summed E-state index contributed by atoms with van der Waals surface area (Å²) in [4.78, 5) is 28.8. The Hall–Kier alpha value is -1.84. The van der Waals surface area contributed by atoms with Crippen LogP contribution in [0.15, 0.2) is 30.3 Å². The van der Waals surface area contributed by atoms with Crippen molar-refractivity contribution in [2.24, 2.45) is 5.92 Å². The highest BCUT2D eigenvalue weighted by Crippen LogP contribution is 2.45. The van der Waals surface area contributed by atoms with E-state index < -0.39 is 0 Å². The van der Waals surface area contributed by atoms with Crippen LogP contribution in [0.2, 0.25) is 0 Å². The minimum atomic E-state index is -0.101. The van der Waals surface area contributed by atoms with E-state index in [-0.39, 0.29) is 23.3 Å². The fourth-order valence-electron chi connectivity index (χ4n) is 3.16. The average Bonchev–Trinajstić information content (AvgIpc) is 3.26. The molecule has 0 bridgehead atoms. The van der Waals surface area contributed by atoms with Crippen molar-refractivity contribution < 1.29 is 9.59 Å². The SMILES string of the molecule is CC(C)C(=O)N1CCN(C(=O)c2ccccc2)C2(CC2)C1. The summed E-state index contributed by atoms with van der Waals surface area (Å²) in [6.07, 6.45) is 2.01. The van der Waals surface area contributed by atoms with Gasteiger partial charge in [0.15, 0.2) is 0 Å². The number of hydrogen-bond acceptors (Lipinski definition) is 2. The smallest absolute Gasteiger partial charge is 0.254 e. The van der Waals surface area contributed by atoms with Crippen LogP contribution in [0.3, 0.4) is 0 Å². The van der Waals surface area contributed by atoms with Crippen LogP contribution in [0.25, 0.3) is 0 Å². The van der Waals surface area contributed by atoms with Crippen molar-refractivity contribution in [3.05, 3.63) is 35.9 Å². The van der Waals surface area contributed by atoms with E-state index >= 15 is 0 Å². The van der Waals surface area contributed by atoms with E-state index in [9.17, 15) is 9.59 Å². The number of benzene rings is 1. The van der Waals surface area contributed by atoms with E-state index in [1.165, 1.54) is 0 Å². The van der Waals surface area contributed by atoms with Crippen molar-refractivity contribution in [3.63, 3.8) is 0 Å². The van der Waals surface area contributed by atoms with E-state index in [1.54, 1.807) is 0 Å². The number of rotatable bonds is 2. The van der Waals surface area contributed by atoms with Crippen molar-refractivity contribution in [2.45, 2.75) is 32.2 Å². The van der Waals surface area contributed by atoms with Crippen LogP contribution in [0.1, 0.15) is 37.0 Å². The molecule has 3 rings (SSSR count). The first-order chi connectivity index (χ1) is 10.0. The molecule has 1 aromatic rings. The van der Waals surface area contributed by atoms with Crippen LogP contribution < -0.4 is 0 Å². The number of hydrogen-bond donors (Lipinski definition) is 0. The van der Waals surface area contributed by atoms with Gasteiger partial charge in [0.25, 0.3) is 5.91 Å². The third-order valence-corrected chi connectivity index (χ3v) is 4.55. The second kappa shape index (κ2) is 5.17. The zero-order chi connectivity index (χ0) is 15.0. The third-order valence-electron chi connectivity index (χ3n) is 4.55. The molecule has 0 aromatic heterocycles. The Bertz CT molecular complexity index is 549. The van der Waals surface area contributed by atoms with E-state index in [0.29, 0.717) is 19.6 Å². The van der Waals surface area contributed by atoms with Crippen LogP contribution >= 0.6 is 0 Å². The van der Waals surface area contributed by atoms with Crippen molar-refractivity contribution in [2.75, 3.05) is 19.6 Å².